The molecule has 2 rings (SSSR count). The van der Waals surface area contributed by atoms with Gasteiger partial charge in [-0.05, 0) is 19.8 Å². The van der Waals surface area contributed by atoms with E-state index in [0.29, 0.717) is 13.2 Å². The lowest BCUT2D eigenvalue weighted by molar-refractivity contribution is -0.670. The second-order valence-corrected chi connectivity index (χ2v) is 4.43. The summed E-state index contributed by atoms with van der Waals surface area (Å²) in [7, 11) is 1.91. The van der Waals surface area contributed by atoms with Gasteiger partial charge >= 0.3 is 6.03 Å². The molecule has 18 heavy (non-hydrogen) atoms. The predicted molar refractivity (Wildman–Crippen MR) is 62.6 cm³/mol. The Bertz CT molecular complexity index is 392. The van der Waals surface area contributed by atoms with Crippen molar-refractivity contribution in [3.8, 4) is 0 Å². The maximum absolute atomic E-state index is 12.2. The van der Waals surface area contributed by atoms with E-state index in [1.54, 1.807) is 17.1 Å². The minimum absolute atomic E-state index is 0. The SMILES string of the molecule is CCOC1CCCN(C(=O)n2cc[n+](C)c2)C1.[I-]. The summed E-state index contributed by atoms with van der Waals surface area (Å²) in [6, 6.07) is 0.0370. The third-order valence-electron chi connectivity index (χ3n) is 3.04. The molecule has 0 spiro atoms. The molecule has 1 aliphatic rings. The third kappa shape index (κ3) is 3.68. The van der Waals surface area contributed by atoms with Gasteiger partial charge in [-0.2, -0.15) is 4.57 Å². The average molecular weight is 365 g/mol. The Kier molecular flexibility index (Phi) is 6.07. The van der Waals surface area contributed by atoms with Gasteiger partial charge in [0.1, 0.15) is 12.4 Å². The van der Waals surface area contributed by atoms with Crippen molar-refractivity contribution in [1.29, 1.82) is 0 Å². The first-order valence-electron chi connectivity index (χ1n) is 6.15. The second kappa shape index (κ2) is 7.08. The van der Waals surface area contributed by atoms with Crippen molar-refractivity contribution in [2.24, 2.45) is 7.05 Å². The molecular formula is C12H20IN3O2. The Morgan fingerprint density at radius 1 is 1.56 bits per heavy atom. The summed E-state index contributed by atoms with van der Waals surface area (Å²) in [5, 5.41) is 0. The van der Waals surface area contributed by atoms with E-state index >= 15 is 0 Å². The number of carbonyl (C=O) groups excluding carboxylic acids is 1. The molecule has 5 nitrogen and oxygen atoms in total. The van der Waals surface area contributed by atoms with Gasteiger partial charge in [0, 0.05) is 13.2 Å². The van der Waals surface area contributed by atoms with Gasteiger partial charge in [-0.25, -0.2) is 9.36 Å². The highest BCUT2D eigenvalue weighted by Gasteiger charge is 2.27. The first-order valence-corrected chi connectivity index (χ1v) is 6.15. The first-order chi connectivity index (χ1) is 8.20. The number of likely N-dealkylation sites (tertiary alicyclic amines) is 1. The van der Waals surface area contributed by atoms with Crippen LogP contribution in [0.3, 0.4) is 0 Å². The van der Waals surface area contributed by atoms with Crippen LogP contribution < -0.4 is 28.5 Å². The minimum Gasteiger partial charge on any atom is -1.00 e. The Hall–Kier alpha value is -0.630. The van der Waals surface area contributed by atoms with Gasteiger partial charge < -0.3 is 33.6 Å². The van der Waals surface area contributed by atoms with Gasteiger partial charge in [0.15, 0.2) is 0 Å². The smallest absolute Gasteiger partial charge is 0.415 e. The monoisotopic (exact) mass is 365 g/mol. The van der Waals surface area contributed by atoms with Crippen LogP contribution in [0, 0.1) is 0 Å². The normalized spacial score (nSPS) is 19.4. The lowest BCUT2D eigenvalue weighted by Gasteiger charge is -2.30. The van der Waals surface area contributed by atoms with Crippen LogP contribution in [-0.4, -0.2) is 41.3 Å². The molecule has 0 aliphatic carbocycles. The number of aryl methyl sites for hydroxylation is 1. The summed E-state index contributed by atoms with van der Waals surface area (Å²) in [5.41, 5.74) is 0. The standard InChI is InChI=1S/C12H20N3O2.HI/c1-3-17-11-5-4-6-14(9-11)12(16)15-8-7-13(2)10-15;/h7-8,10-11H,3-6,9H2,1-2H3;1H/q+1;/p-1. The van der Waals surface area contributed by atoms with E-state index in [1.807, 2.05) is 29.6 Å². The van der Waals surface area contributed by atoms with Crippen LogP contribution in [0.15, 0.2) is 18.7 Å². The Labute approximate surface area is 125 Å². The number of piperidine rings is 1. The van der Waals surface area contributed by atoms with Crippen molar-refractivity contribution in [2.45, 2.75) is 25.9 Å². The fourth-order valence-corrected chi connectivity index (χ4v) is 2.21. The quantitative estimate of drug-likeness (QED) is 0.440. The highest BCUT2D eigenvalue weighted by molar-refractivity contribution is 5.76. The Morgan fingerprint density at radius 3 is 2.94 bits per heavy atom. The van der Waals surface area contributed by atoms with Crippen molar-refractivity contribution in [2.75, 3.05) is 19.7 Å². The van der Waals surface area contributed by atoms with Crippen LogP contribution in [-0.2, 0) is 11.8 Å². The molecule has 0 aromatic carbocycles. The molecule has 1 saturated heterocycles. The summed E-state index contributed by atoms with van der Waals surface area (Å²) in [5.74, 6) is 0. The molecule has 2 heterocycles. The molecule has 0 saturated carbocycles. The number of halogens is 1. The first kappa shape index (κ1) is 15.4. The van der Waals surface area contributed by atoms with E-state index in [0.717, 1.165) is 19.4 Å². The molecule has 1 aromatic rings. The number of ether oxygens (including phenoxy) is 1. The molecule has 0 bridgehead atoms. The number of hydrogen-bond acceptors (Lipinski definition) is 2. The zero-order chi connectivity index (χ0) is 12.3. The van der Waals surface area contributed by atoms with Gasteiger partial charge in [-0.15, -0.1) is 0 Å². The third-order valence-corrected chi connectivity index (χ3v) is 3.04. The molecule has 6 heteroatoms. The zero-order valence-electron chi connectivity index (χ0n) is 10.9. The summed E-state index contributed by atoms with van der Waals surface area (Å²) in [4.78, 5) is 14.0. The van der Waals surface area contributed by atoms with Crippen molar-refractivity contribution in [1.82, 2.24) is 9.47 Å². The number of rotatable bonds is 2. The molecule has 1 aliphatic heterocycles. The molecule has 1 unspecified atom stereocenters. The second-order valence-electron chi connectivity index (χ2n) is 4.43. The highest BCUT2D eigenvalue weighted by Crippen LogP contribution is 2.14. The number of aromatic nitrogens is 2. The molecule has 1 atom stereocenters. The van der Waals surface area contributed by atoms with Crippen LogP contribution >= 0.6 is 0 Å². The van der Waals surface area contributed by atoms with E-state index in [9.17, 15) is 4.79 Å². The summed E-state index contributed by atoms with van der Waals surface area (Å²) >= 11 is 0. The summed E-state index contributed by atoms with van der Waals surface area (Å²) in [6.07, 6.45) is 7.70. The molecule has 0 radical (unpaired) electrons. The minimum atomic E-state index is 0. The van der Waals surface area contributed by atoms with Gasteiger partial charge in [0.2, 0.25) is 0 Å². The van der Waals surface area contributed by atoms with E-state index in [2.05, 4.69) is 0 Å². The van der Waals surface area contributed by atoms with Crippen LogP contribution in [0.5, 0.6) is 0 Å². The van der Waals surface area contributed by atoms with Gasteiger partial charge in [-0.1, -0.05) is 0 Å². The molecule has 102 valence electrons. The van der Waals surface area contributed by atoms with Gasteiger partial charge in [0.05, 0.1) is 19.7 Å². The lowest BCUT2D eigenvalue weighted by atomic mass is 10.1. The number of carbonyl (C=O) groups is 1. The van der Waals surface area contributed by atoms with Crippen LogP contribution in [0.25, 0.3) is 0 Å². The van der Waals surface area contributed by atoms with Crippen molar-refractivity contribution < 1.29 is 38.1 Å². The van der Waals surface area contributed by atoms with Crippen molar-refractivity contribution in [3.63, 3.8) is 0 Å². The average Bonchev–Trinajstić information content (AvgIpc) is 2.76. The number of hydrogen-bond donors (Lipinski definition) is 0. The van der Waals surface area contributed by atoms with Gasteiger partial charge in [0.25, 0.3) is 6.33 Å². The molecule has 1 fully saturated rings. The Balaban J connectivity index is 0.00000162. The fourth-order valence-electron chi connectivity index (χ4n) is 2.21. The number of nitrogens with zero attached hydrogens (tertiary/aromatic N) is 3. The lowest BCUT2D eigenvalue weighted by Crippen LogP contribution is -3.00. The maximum Gasteiger partial charge on any atom is 0.415 e. The topological polar surface area (TPSA) is 38.4 Å². The van der Waals surface area contributed by atoms with Gasteiger partial charge in [-0.3, -0.25) is 0 Å². The van der Waals surface area contributed by atoms with Crippen LogP contribution in [0.2, 0.25) is 0 Å². The van der Waals surface area contributed by atoms with E-state index in [-0.39, 0.29) is 36.1 Å². The molecule has 0 N–H and O–H groups in total. The maximum atomic E-state index is 12.2. The highest BCUT2D eigenvalue weighted by atomic mass is 127. The fraction of sp³-hybridized carbons (Fsp3) is 0.667. The zero-order valence-corrected chi connectivity index (χ0v) is 13.0. The molecular weight excluding hydrogens is 345 g/mol. The van der Waals surface area contributed by atoms with E-state index in [1.165, 1.54) is 0 Å². The van der Waals surface area contributed by atoms with Crippen LogP contribution in [0.4, 0.5) is 4.79 Å². The Morgan fingerprint density at radius 2 is 2.33 bits per heavy atom. The van der Waals surface area contributed by atoms with Crippen LogP contribution in [0.1, 0.15) is 19.8 Å². The predicted octanol–water partition coefficient (Wildman–Crippen LogP) is -2.21. The van der Waals surface area contributed by atoms with Crippen molar-refractivity contribution >= 4 is 6.03 Å². The van der Waals surface area contributed by atoms with E-state index in [4.69, 9.17) is 4.74 Å². The largest absolute Gasteiger partial charge is 1.00 e. The van der Waals surface area contributed by atoms with E-state index < -0.39 is 0 Å². The summed E-state index contributed by atoms with van der Waals surface area (Å²) < 4.78 is 9.08. The number of imidazole rings is 1. The molecule has 1 aromatic heterocycles. The van der Waals surface area contributed by atoms with Crippen molar-refractivity contribution in [3.05, 3.63) is 18.7 Å². The summed E-state index contributed by atoms with van der Waals surface area (Å²) in [6.45, 7) is 4.23. The molecule has 1 amide bonds. The number of amides is 1.